The number of nitrogen functional groups attached to an aromatic ring is 1. The molecule has 4 N–H and O–H groups in total. The molecule has 0 fully saturated rings. The fourth-order valence-electron chi connectivity index (χ4n) is 2.95. The van der Waals surface area contributed by atoms with Crippen LogP contribution in [0.2, 0.25) is 0 Å². The Balaban J connectivity index is 2.12. The average Bonchev–Trinajstić information content (AvgIpc) is 2.74. The maximum absolute atomic E-state index is 15.3. The number of anilines is 2. The van der Waals surface area contributed by atoms with Crippen molar-refractivity contribution in [2.24, 2.45) is 0 Å². The van der Waals surface area contributed by atoms with Crippen LogP contribution in [0.1, 0.15) is 18.2 Å². The van der Waals surface area contributed by atoms with Crippen LogP contribution in [-0.2, 0) is 13.9 Å². The summed E-state index contributed by atoms with van der Waals surface area (Å²) in [7, 11) is -3.96. The lowest BCUT2D eigenvalue weighted by atomic mass is 10.0. The lowest BCUT2D eigenvalue weighted by molar-refractivity contribution is -0.111. The lowest BCUT2D eigenvalue weighted by Crippen LogP contribution is -2.19. The number of nitrogens with one attached hydrogen (secondary N) is 2. The zero-order valence-electron chi connectivity index (χ0n) is 17.1. The number of hydrogen-bond donors (Lipinski definition) is 5. The van der Waals surface area contributed by atoms with Gasteiger partial charge in [0, 0.05) is 27.8 Å². The number of carbonyl (C=O) groups is 1. The number of Topliss-reactive ketones (excluding diaryl/α,β-unsaturated/α-hetero) is 1. The van der Waals surface area contributed by atoms with Crippen LogP contribution >= 0.6 is 11.7 Å². The molecule has 2 heterocycles. The highest BCUT2D eigenvalue weighted by Crippen LogP contribution is 2.36. The Labute approximate surface area is 191 Å². The summed E-state index contributed by atoms with van der Waals surface area (Å²) in [6.45, 7) is 2.50. The molecule has 0 aliphatic heterocycles. The number of nitrogens with two attached hydrogens (primary N) is 1. The minimum atomic E-state index is -3.96. The second-order valence-electron chi connectivity index (χ2n) is 6.91. The second kappa shape index (κ2) is 8.90. The molecule has 0 amide bonds. The summed E-state index contributed by atoms with van der Waals surface area (Å²) in [5.74, 6) is -5.45. The van der Waals surface area contributed by atoms with Crippen molar-refractivity contribution < 1.29 is 26.6 Å². The van der Waals surface area contributed by atoms with Crippen LogP contribution in [0.15, 0.2) is 35.5 Å². The molecular weight excluding hydrogens is 482 g/mol. The number of rotatable bonds is 6. The standard InChI is InChI=1S/C20H17F4N5O2S2/c1-8-14(5-10(21)6-27-8)33(31,32)29-13-4-3-12(22)15(16(13)23)20-17(24)19(26)11(7-28-20)18(25)9(2)30/h3-7,25,33H,1-2H3,(H2,26,28)(H2,29,31,32). The maximum atomic E-state index is 15.3. The summed E-state index contributed by atoms with van der Waals surface area (Å²) in [6.07, 6.45) is 1.75. The molecule has 33 heavy (non-hydrogen) atoms. The Kier molecular flexibility index (Phi) is 6.56. The van der Waals surface area contributed by atoms with E-state index in [1.54, 1.807) is 0 Å². The SMILES string of the molecule is CC(=O)C(=N)c1cnc(-c2c(F)ccc(N[SH](=O)(S)c3cc(F)cnc3C)c2F)c(F)c1N. The molecule has 7 nitrogen and oxygen atoms in total. The van der Waals surface area contributed by atoms with Crippen LogP contribution in [0.5, 0.6) is 0 Å². The summed E-state index contributed by atoms with van der Waals surface area (Å²) >= 11 is 4.00. The third-order valence-electron chi connectivity index (χ3n) is 4.63. The van der Waals surface area contributed by atoms with Crippen LogP contribution in [0, 0.1) is 35.6 Å². The lowest BCUT2D eigenvalue weighted by Gasteiger charge is -2.23. The maximum Gasteiger partial charge on any atom is 0.178 e. The van der Waals surface area contributed by atoms with Gasteiger partial charge in [0.15, 0.2) is 17.4 Å². The second-order valence-corrected chi connectivity index (χ2v) is 10.5. The van der Waals surface area contributed by atoms with Crippen molar-refractivity contribution in [3.8, 4) is 11.3 Å². The summed E-state index contributed by atoms with van der Waals surface area (Å²) < 4.78 is 73.6. The number of hydrogen-bond acceptors (Lipinski definition) is 6. The summed E-state index contributed by atoms with van der Waals surface area (Å²) in [4.78, 5) is 18.6. The number of aromatic nitrogens is 2. The van der Waals surface area contributed by atoms with E-state index in [0.717, 1.165) is 37.5 Å². The Morgan fingerprint density at radius 3 is 2.45 bits per heavy atom. The first-order valence-corrected chi connectivity index (χ1v) is 12.0. The number of halogens is 4. The largest absolute Gasteiger partial charge is 0.396 e. The third-order valence-corrected chi connectivity index (χ3v) is 7.23. The van der Waals surface area contributed by atoms with Gasteiger partial charge in [0.1, 0.15) is 23.0 Å². The summed E-state index contributed by atoms with van der Waals surface area (Å²) in [5, 5.41) is 7.66. The molecule has 0 atom stereocenters. The number of ketones is 1. The fraction of sp³-hybridized carbons (Fsp3) is 0.100. The van der Waals surface area contributed by atoms with Crippen molar-refractivity contribution in [1.82, 2.24) is 9.97 Å². The molecule has 2 aromatic heterocycles. The highest BCUT2D eigenvalue weighted by atomic mass is 33.1. The van der Waals surface area contributed by atoms with Gasteiger partial charge >= 0.3 is 0 Å². The van der Waals surface area contributed by atoms with E-state index in [2.05, 4.69) is 26.4 Å². The number of carbonyl (C=O) groups excluding carboxylic acids is 1. The third kappa shape index (κ3) is 4.59. The Hall–Kier alpha value is -3.32. The zero-order valence-corrected chi connectivity index (χ0v) is 18.9. The molecule has 13 heteroatoms. The van der Waals surface area contributed by atoms with Crippen molar-refractivity contribution in [3.63, 3.8) is 0 Å². The van der Waals surface area contributed by atoms with Crippen LogP contribution in [0.3, 0.4) is 0 Å². The molecule has 0 aliphatic rings. The Bertz CT molecular complexity index is 1370. The van der Waals surface area contributed by atoms with Crippen molar-refractivity contribution in [2.45, 2.75) is 18.7 Å². The van der Waals surface area contributed by atoms with Crippen molar-refractivity contribution in [1.29, 1.82) is 5.41 Å². The molecule has 0 aliphatic carbocycles. The predicted molar refractivity (Wildman–Crippen MR) is 121 cm³/mol. The van der Waals surface area contributed by atoms with E-state index in [-0.39, 0.29) is 16.2 Å². The fourth-order valence-corrected chi connectivity index (χ4v) is 5.29. The number of thiol groups is 2. The minimum Gasteiger partial charge on any atom is -0.396 e. The van der Waals surface area contributed by atoms with E-state index in [1.165, 1.54) is 6.92 Å². The molecule has 3 rings (SSSR count). The van der Waals surface area contributed by atoms with Gasteiger partial charge in [-0.3, -0.25) is 24.4 Å². The van der Waals surface area contributed by atoms with E-state index in [4.69, 9.17) is 11.1 Å². The van der Waals surface area contributed by atoms with Crippen molar-refractivity contribution >= 4 is 43.7 Å². The highest BCUT2D eigenvalue weighted by molar-refractivity contribution is 8.69. The van der Waals surface area contributed by atoms with E-state index < -0.39 is 66.5 Å². The predicted octanol–water partition coefficient (Wildman–Crippen LogP) is 3.79. The van der Waals surface area contributed by atoms with Crippen LogP contribution in [-0.4, -0.2) is 25.7 Å². The molecule has 0 radical (unpaired) electrons. The van der Waals surface area contributed by atoms with Crippen LogP contribution in [0.25, 0.3) is 11.3 Å². The van der Waals surface area contributed by atoms with Gasteiger partial charge in [0.25, 0.3) is 0 Å². The first kappa shape index (κ1) is 24.3. The molecule has 1 aromatic carbocycles. The molecule has 0 unspecified atom stereocenters. The molecule has 3 aromatic rings. The molecule has 0 saturated carbocycles. The first-order chi connectivity index (χ1) is 15.3. The number of benzene rings is 1. The number of pyridine rings is 2. The summed E-state index contributed by atoms with van der Waals surface area (Å²) in [5.41, 5.74) is 1.84. The van der Waals surface area contributed by atoms with Gasteiger partial charge in [0.2, 0.25) is 0 Å². The van der Waals surface area contributed by atoms with Gasteiger partial charge in [-0.2, -0.15) is 0 Å². The molecule has 0 bridgehead atoms. The molecule has 0 saturated heterocycles. The molecular formula is C20H17F4N5O2S2. The van der Waals surface area contributed by atoms with Crippen molar-refractivity contribution in [3.05, 3.63) is 65.1 Å². The summed E-state index contributed by atoms with van der Waals surface area (Å²) in [6, 6.07) is 2.59. The van der Waals surface area contributed by atoms with Crippen LogP contribution < -0.4 is 10.5 Å². The van der Waals surface area contributed by atoms with Gasteiger partial charge in [-0.25, -0.2) is 17.6 Å². The molecule has 0 spiro atoms. The van der Waals surface area contributed by atoms with E-state index >= 15 is 4.39 Å². The van der Waals surface area contributed by atoms with Gasteiger partial charge in [0.05, 0.1) is 33.7 Å². The molecule has 174 valence electrons. The normalized spacial score (nSPS) is 11.8. The number of nitrogens with zero attached hydrogens (tertiary/aromatic N) is 2. The van der Waals surface area contributed by atoms with Gasteiger partial charge in [-0.05, 0) is 25.1 Å². The average molecular weight is 500 g/mol. The first-order valence-electron chi connectivity index (χ1n) is 9.11. The topological polar surface area (TPSA) is 122 Å². The smallest absolute Gasteiger partial charge is 0.178 e. The van der Waals surface area contributed by atoms with E-state index in [9.17, 15) is 22.2 Å². The van der Waals surface area contributed by atoms with Gasteiger partial charge in [-0.15, -0.1) is 0 Å². The van der Waals surface area contributed by atoms with Crippen LogP contribution in [0.4, 0.5) is 28.9 Å². The minimum absolute atomic E-state index is 0.142. The quantitative estimate of drug-likeness (QED) is 0.153. The van der Waals surface area contributed by atoms with Crippen molar-refractivity contribution in [2.75, 3.05) is 10.5 Å². The van der Waals surface area contributed by atoms with Gasteiger partial charge < -0.3 is 10.5 Å². The zero-order chi connectivity index (χ0) is 24.7. The van der Waals surface area contributed by atoms with Gasteiger partial charge in [-0.1, -0.05) is 11.7 Å². The van der Waals surface area contributed by atoms with E-state index in [0.29, 0.717) is 0 Å². The number of aryl methyl sites for hydroxylation is 1. The van der Waals surface area contributed by atoms with E-state index in [1.807, 2.05) is 0 Å². The highest BCUT2D eigenvalue weighted by Gasteiger charge is 2.26. The monoisotopic (exact) mass is 499 g/mol. The Morgan fingerprint density at radius 2 is 1.82 bits per heavy atom. The Morgan fingerprint density at radius 1 is 1.15 bits per heavy atom.